The fraction of sp³-hybridized carbons (Fsp3) is 0. The zero-order chi connectivity index (χ0) is 64.9. The standard InChI is InChI=1S/C51H32N4O/c1-4-15-33(16-5-1)39-24-13-26-42-43-27-14-25-40(48(43)56-47(39)42)35-19-12-20-36(31-35)50-52-49(34-17-6-2-7-18-34)53-51(54-50)37-29-30-46-44(32-37)41-23-10-11-28-45(41)55(46)38-21-8-3-9-22-38/h1-32H/i1D,2D,3D,4D,5D,6D,7D,8D,9D,10D,11D,12D,13D,14D,15D,16D,17D,18D,19D,20D,21D,22D,23D,24D,25D,26D,27D,28D,29D,30D,31D,32D. The number of nitrogens with zero attached hydrogens (tertiary/aromatic N) is 4. The van der Waals surface area contributed by atoms with Gasteiger partial charge in [0.25, 0.3) is 0 Å². The summed E-state index contributed by atoms with van der Waals surface area (Å²) in [7, 11) is 0. The Bertz CT molecular complexity index is 5050. The Kier molecular flexibility index (Phi) is 3.10. The molecule has 0 saturated carbocycles. The molecule has 0 spiro atoms. The average Bonchev–Trinajstić information content (AvgIpc) is 1.52. The van der Waals surface area contributed by atoms with Crippen LogP contribution in [0.3, 0.4) is 0 Å². The summed E-state index contributed by atoms with van der Waals surface area (Å²) in [4.78, 5) is 13.1. The number of para-hydroxylation sites is 4. The average molecular weight is 749 g/mol. The fourth-order valence-electron chi connectivity index (χ4n) is 6.03. The van der Waals surface area contributed by atoms with Gasteiger partial charge in [-0.25, -0.2) is 15.0 Å². The Morgan fingerprint density at radius 2 is 0.839 bits per heavy atom. The molecule has 0 atom stereocenters. The molecule has 0 unspecified atom stereocenters. The molecule has 0 bridgehead atoms. The molecular formula is C51H32N4O. The SMILES string of the molecule is [2H]c1c([2H])c([2H])c(-c2nc(-c3c([2H])c([2H])c([2H])c(-c4c([2H])c([2H])c([2H])c5c4oc4c(-c6c([2H])c([2H])c([2H])c([2H])c6[2H])c([2H])c([2H])c([2H])c45)c3[2H])nc(-c3c([2H])c([2H])c4c(c3[2H])c3c([2H])c([2H])c([2H])c([2H])c3n4-c3c([2H])c([2H])c([2H])c([2H])c3[2H])n2)c([2H])c1[2H]. The maximum atomic E-state index is 9.86. The van der Waals surface area contributed by atoms with Crippen LogP contribution in [0, 0.1) is 0 Å². The van der Waals surface area contributed by atoms with Gasteiger partial charge in [0.1, 0.15) is 11.2 Å². The zero-order valence-corrected chi connectivity index (χ0v) is 27.7. The lowest BCUT2D eigenvalue weighted by Gasteiger charge is -2.10. The van der Waals surface area contributed by atoms with Crippen LogP contribution in [-0.4, -0.2) is 19.5 Å². The second-order valence-corrected chi connectivity index (χ2v) is 11.6. The number of benzene rings is 8. The smallest absolute Gasteiger partial charge is 0.164 e. The Labute approximate surface area is 367 Å². The Morgan fingerprint density at radius 3 is 1.54 bits per heavy atom. The first kappa shape index (κ1) is 13.3. The first-order valence-corrected chi connectivity index (χ1v) is 16.2. The van der Waals surface area contributed by atoms with Gasteiger partial charge in [-0.3, -0.25) is 0 Å². The van der Waals surface area contributed by atoms with Crippen LogP contribution in [0.15, 0.2) is 198 Å². The molecule has 8 aromatic carbocycles. The van der Waals surface area contributed by atoms with Crippen LogP contribution >= 0.6 is 0 Å². The van der Waals surface area contributed by atoms with E-state index in [1.54, 1.807) is 0 Å². The van der Waals surface area contributed by atoms with Crippen LogP contribution in [0.1, 0.15) is 43.9 Å². The van der Waals surface area contributed by atoms with E-state index in [0.29, 0.717) is 4.57 Å². The van der Waals surface area contributed by atoms with Crippen molar-refractivity contribution >= 4 is 43.7 Å². The van der Waals surface area contributed by atoms with Crippen molar-refractivity contribution in [3.05, 3.63) is 193 Å². The fourth-order valence-corrected chi connectivity index (χ4v) is 6.03. The largest absolute Gasteiger partial charge is 0.455 e. The van der Waals surface area contributed by atoms with Crippen molar-refractivity contribution in [2.45, 2.75) is 0 Å². The van der Waals surface area contributed by atoms with Gasteiger partial charge in [0.2, 0.25) is 0 Å². The van der Waals surface area contributed by atoms with Gasteiger partial charge in [-0.2, -0.15) is 0 Å². The van der Waals surface area contributed by atoms with Gasteiger partial charge < -0.3 is 8.98 Å². The highest BCUT2D eigenvalue weighted by Gasteiger charge is 2.19. The summed E-state index contributed by atoms with van der Waals surface area (Å²) in [6.07, 6.45) is 0. The lowest BCUT2D eigenvalue weighted by atomic mass is 9.99. The van der Waals surface area contributed by atoms with E-state index in [9.17, 15) is 11.0 Å². The normalized spacial score (nSPS) is 19.6. The van der Waals surface area contributed by atoms with E-state index in [1.165, 1.54) is 0 Å². The molecule has 5 heteroatoms. The minimum absolute atomic E-state index is 0.570. The minimum atomic E-state index is -1.12. The van der Waals surface area contributed by atoms with Gasteiger partial charge in [0.15, 0.2) is 17.5 Å². The number of hydrogen-bond donors (Lipinski definition) is 0. The summed E-state index contributed by atoms with van der Waals surface area (Å²) < 4.78 is 292. The molecule has 3 aromatic heterocycles. The van der Waals surface area contributed by atoms with Crippen LogP contribution < -0.4 is 0 Å². The Morgan fingerprint density at radius 1 is 0.357 bits per heavy atom. The molecule has 262 valence electrons. The molecule has 11 rings (SSSR count). The van der Waals surface area contributed by atoms with Gasteiger partial charge in [0.05, 0.1) is 54.9 Å². The molecule has 0 radical (unpaired) electrons. The molecule has 11 aromatic rings. The molecule has 0 saturated heterocycles. The summed E-state index contributed by atoms with van der Waals surface area (Å²) in [6, 6.07) is -30.6. The highest BCUT2D eigenvalue weighted by atomic mass is 16.3. The lowest BCUT2D eigenvalue weighted by molar-refractivity contribution is 0.671. The summed E-state index contributed by atoms with van der Waals surface area (Å²) in [5, 5.41) is -2.42. The summed E-state index contributed by atoms with van der Waals surface area (Å²) >= 11 is 0. The highest BCUT2D eigenvalue weighted by Crippen LogP contribution is 2.41. The third kappa shape index (κ3) is 5.29. The molecular weight excluding hydrogens is 685 g/mol. The first-order chi connectivity index (χ1) is 41.1. The second kappa shape index (κ2) is 13.0. The van der Waals surface area contributed by atoms with Crippen molar-refractivity contribution in [2.75, 3.05) is 0 Å². The van der Waals surface area contributed by atoms with E-state index >= 15 is 0 Å². The maximum Gasteiger partial charge on any atom is 0.164 e. The van der Waals surface area contributed by atoms with Crippen molar-refractivity contribution in [3.63, 3.8) is 0 Å². The minimum Gasteiger partial charge on any atom is -0.455 e. The van der Waals surface area contributed by atoms with Crippen molar-refractivity contribution in [1.82, 2.24) is 19.5 Å². The van der Waals surface area contributed by atoms with Gasteiger partial charge in [-0.15, -0.1) is 0 Å². The van der Waals surface area contributed by atoms with Crippen LogP contribution in [0.2, 0.25) is 0 Å². The summed E-state index contributed by atoms with van der Waals surface area (Å²) in [5.41, 5.74) is -9.29. The first-order valence-electron chi connectivity index (χ1n) is 32.2. The number of furan rings is 1. The van der Waals surface area contributed by atoms with E-state index < -0.39 is 299 Å². The predicted molar refractivity (Wildman–Crippen MR) is 229 cm³/mol. The monoisotopic (exact) mass is 748 g/mol. The molecule has 56 heavy (non-hydrogen) atoms. The molecule has 0 fully saturated rings. The van der Waals surface area contributed by atoms with Crippen molar-refractivity contribution in [1.29, 1.82) is 0 Å². The Balaban J connectivity index is 1.30. The van der Waals surface area contributed by atoms with E-state index in [-0.39, 0.29) is 0 Å². The molecule has 0 aliphatic rings. The highest BCUT2D eigenvalue weighted by molar-refractivity contribution is 6.13. The van der Waals surface area contributed by atoms with E-state index in [2.05, 4.69) is 15.0 Å². The second-order valence-electron chi connectivity index (χ2n) is 11.6. The maximum absolute atomic E-state index is 9.86. The van der Waals surface area contributed by atoms with Crippen molar-refractivity contribution < 1.29 is 48.3 Å². The van der Waals surface area contributed by atoms with Gasteiger partial charge in [-0.1, -0.05) is 151 Å². The molecule has 0 aliphatic carbocycles. The third-order valence-corrected chi connectivity index (χ3v) is 8.41. The van der Waals surface area contributed by atoms with Gasteiger partial charge in [-0.05, 0) is 53.4 Å². The van der Waals surface area contributed by atoms with E-state index in [0.717, 1.165) is 0 Å². The molecule has 5 nitrogen and oxygen atoms in total. The van der Waals surface area contributed by atoms with E-state index in [4.69, 9.17) is 37.3 Å². The number of fused-ring (bicyclic) bond motifs is 6. The zero-order valence-electron chi connectivity index (χ0n) is 59.7. The van der Waals surface area contributed by atoms with Crippen LogP contribution in [0.5, 0.6) is 0 Å². The van der Waals surface area contributed by atoms with E-state index in [1.807, 2.05) is 0 Å². The quantitative estimate of drug-likeness (QED) is 0.170. The molecule has 3 heterocycles. The predicted octanol–water partition coefficient (Wildman–Crippen LogP) is 13.2. The van der Waals surface area contributed by atoms with Crippen molar-refractivity contribution in [2.24, 2.45) is 0 Å². The molecule has 0 aliphatic heterocycles. The van der Waals surface area contributed by atoms with Crippen molar-refractivity contribution in [3.8, 4) is 62.1 Å². The van der Waals surface area contributed by atoms with Gasteiger partial charge in [0, 0.05) is 55.0 Å². The molecule has 0 N–H and O–H groups in total. The van der Waals surface area contributed by atoms with Crippen LogP contribution in [0.4, 0.5) is 0 Å². The van der Waals surface area contributed by atoms with Crippen LogP contribution in [0.25, 0.3) is 106 Å². The topological polar surface area (TPSA) is 56.7 Å². The number of rotatable bonds is 6. The lowest BCUT2D eigenvalue weighted by Crippen LogP contribution is -2.00. The van der Waals surface area contributed by atoms with Gasteiger partial charge >= 0.3 is 0 Å². The number of aromatic nitrogens is 4. The molecule has 0 amide bonds. The summed E-state index contributed by atoms with van der Waals surface area (Å²) in [6.45, 7) is 0. The number of hydrogen-bond acceptors (Lipinski definition) is 4. The summed E-state index contributed by atoms with van der Waals surface area (Å²) in [5.74, 6) is -2.92. The van der Waals surface area contributed by atoms with Crippen LogP contribution in [-0.2, 0) is 0 Å². The Hall–Kier alpha value is -7.63. The third-order valence-electron chi connectivity index (χ3n) is 8.41.